The van der Waals surface area contributed by atoms with Crippen LogP contribution in [0, 0.1) is 17.5 Å². The average Bonchev–Trinajstić information content (AvgIpc) is 2.28. The molecule has 0 saturated carbocycles. The lowest BCUT2D eigenvalue weighted by Crippen LogP contribution is -1.95. The molecule has 88 valence electrons. The van der Waals surface area contributed by atoms with Crippen LogP contribution in [-0.2, 0) is 0 Å². The minimum Gasteiger partial charge on any atom is -0.433 e. The van der Waals surface area contributed by atoms with Crippen molar-refractivity contribution in [3.8, 4) is 11.6 Å². The minimum absolute atomic E-state index is 0.0783. The Bertz CT molecular complexity index is 562. The number of hydrogen-bond acceptors (Lipinski definition) is 2. The van der Waals surface area contributed by atoms with Gasteiger partial charge in [-0.05, 0) is 18.2 Å². The number of rotatable bonds is 2. The highest BCUT2D eigenvalue weighted by molar-refractivity contribution is 6.30. The van der Waals surface area contributed by atoms with Gasteiger partial charge in [-0.15, -0.1) is 0 Å². The molecule has 0 aliphatic carbocycles. The van der Waals surface area contributed by atoms with Crippen LogP contribution in [0.5, 0.6) is 11.6 Å². The zero-order chi connectivity index (χ0) is 12.4. The van der Waals surface area contributed by atoms with Crippen molar-refractivity contribution in [3.63, 3.8) is 0 Å². The smallest absolute Gasteiger partial charge is 0.256 e. The Balaban J connectivity index is 2.35. The molecule has 2 aromatic rings. The summed E-state index contributed by atoms with van der Waals surface area (Å²) in [5.41, 5.74) is 0. The van der Waals surface area contributed by atoms with E-state index in [2.05, 4.69) is 4.98 Å². The third-order valence-corrected chi connectivity index (χ3v) is 2.10. The van der Waals surface area contributed by atoms with Gasteiger partial charge in [0.15, 0.2) is 17.4 Å². The summed E-state index contributed by atoms with van der Waals surface area (Å²) in [6.07, 6.45) is 1.14. The van der Waals surface area contributed by atoms with Crippen molar-refractivity contribution < 1.29 is 17.9 Å². The molecule has 1 aromatic heterocycles. The van der Waals surface area contributed by atoms with Gasteiger partial charge in [0.05, 0.1) is 5.02 Å². The molecule has 0 aliphatic rings. The maximum atomic E-state index is 13.3. The maximum Gasteiger partial charge on any atom is 0.256 e. The molecule has 1 heterocycles. The Labute approximate surface area is 99.6 Å². The lowest BCUT2D eigenvalue weighted by Gasteiger charge is -2.06. The Morgan fingerprint density at radius 2 is 1.88 bits per heavy atom. The monoisotopic (exact) mass is 259 g/mol. The van der Waals surface area contributed by atoms with E-state index in [0.29, 0.717) is 0 Å². The normalized spacial score (nSPS) is 10.4. The number of aromatic nitrogens is 1. The quantitative estimate of drug-likeness (QED) is 0.815. The van der Waals surface area contributed by atoms with E-state index < -0.39 is 29.1 Å². The van der Waals surface area contributed by atoms with E-state index in [4.69, 9.17) is 16.3 Å². The second-order valence-electron chi connectivity index (χ2n) is 3.09. The topological polar surface area (TPSA) is 22.1 Å². The summed E-state index contributed by atoms with van der Waals surface area (Å²) in [7, 11) is 0. The standard InChI is InChI=1S/C11H5ClF3NO/c12-6-4-8(14)11(16-5-6)17-9-3-1-2-7(13)10(9)15/h1-5H. The fourth-order valence-electron chi connectivity index (χ4n) is 1.14. The summed E-state index contributed by atoms with van der Waals surface area (Å²) in [5.74, 6) is -4.07. The molecule has 0 saturated heterocycles. The number of hydrogen-bond donors (Lipinski definition) is 0. The molecule has 0 N–H and O–H groups in total. The van der Waals surface area contributed by atoms with Crippen molar-refractivity contribution >= 4 is 11.6 Å². The van der Waals surface area contributed by atoms with E-state index in [-0.39, 0.29) is 5.02 Å². The third-order valence-electron chi connectivity index (χ3n) is 1.90. The molecule has 2 nitrogen and oxygen atoms in total. The molecular weight excluding hydrogens is 255 g/mol. The van der Waals surface area contributed by atoms with Crippen LogP contribution in [-0.4, -0.2) is 4.98 Å². The van der Waals surface area contributed by atoms with Gasteiger partial charge < -0.3 is 4.74 Å². The van der Waals surface area contributed by atoms with Crippen LogP contribution in [0.3, 0.4) is 0 Å². The summed E-state index contributed by atoms with van der Waals surface area (Å²) >= 11 is 5.48. The second-order valence-corrected chi connectivity index (χ2v) is 3.53. The van der Waals surface area contributed by atoms with E-state index >= 15 is 0 Å². The van der Waals surface area contributed by atoms with Crippen molar-refractivity contribution in [2.45, 2.75) is 0 Å². The molecule has 17 heavy (non-hydrogen) atoms. The Hall–Kier alpha value is -1.75. The molecule has 2 rings (SSSR count). The molecule has 0 bridgehead atoms. The minimum atomic E-state index is -1.20. The molecular formula is C11H5ClF3NO. The molecule has 0 atom stereocenters. The van der Waals surface area contributed by atoms with E-state index in [0.717, 1.165) is 24.4 Å². The summed E-state index contributed by atoms with van der Waals surface area (Å²) in [5, 5.41) is 0.0783. The van der Waals surface area contributed by atoms with Crippen molar-refractivity contribution in [3.05, 3.63) is 52.9 Å². The van der Waals surface area contributed by atoms with E-state index in [9.17, 15) is 13.2 Å². The van der Waals surface area contributed by atoms with Gasteiger partial charge in [-0.3, -0.25) is 0 Å². The number of ether oxygens (including phenoxy) is 1. The highest BCUT2D eigenvalue weighted by Gasteiger charge is 2.13. The predicted octanol–water partition coefficient (Wildman–Crippen LogP) is 3.94. The molecule has 1 aromatic carbocycles. The van der Waals surface area contributed by atoms with Gasteiger partial charge in [0.25, 0.3) is 5.88 Å². The number of benzene rings is 1. The average molecular weight is 260 g/mol. The van der Waals surface area contributed by atoms with Gasteiger partial charge in [0.2, 0.25) is 5.82 Å². The lowest BCUT2D eigenvalue weighted by atomic mass is 10.3. The summed E-state index contributed by atoms with van der Waals surface area (Å²) in [6, 6.07) is 4.28. The Kier molecular flexibility index (Phi) is 3.19. The number of pyridine rings is 1. The zero-order valence-electron chi connectivity index (χ0n) is 8.25. The first-order valence-corrected chi connectivity index (χ1v) is 4.88. The van der Waals surface area contributed by atoms with Crippen molar-refractivity contribution in [1.29, 1.82) is 0 Å². The molecule has 0 spiro atoms. The van der Waals surface area contributed by atoms with Crippen LogP contribution in [0.25, 0.3) is 0 Å². The van der Waals surface area contributed by atoms with E-state index in [1.54, 1.807) is 0 Å². The third kappa shape index (κ3) is 2.50. The summed E-state index contributed by atoms with van der Waals surface area (Å²) in [6.45, 7) is 0. The van der Waals surface area contributed by atoms with Crippen LogP contribution >= 0.6 is 11.6 Å². The zero-order valence-corrected chi connectivity index (χ0v) is 9.01. The maximum absolute atomic E-state index is 13.3. The highest BCUT2D eigenvalue weighted by Crippen LogP contribution is 2.27. The van der Waals surface area contributed by atoms with Crippen LogP contribution in [0.2, 0.25) is 5.02 Å². The van der Waals surface area contributed by atoms with E-state index in [1.807, 2.05) is 0 Å². The van der Waals surface area contributed by atoms with Crippen LogP contribution in [0.4, 0.5) is 13.2 Å². The van der Waals surface area contributed by atoms with Crippen LogP contribution in [0.1, 0.15) is 0 Å². The number of halogens is 4. The SMILES string of the molecule is Fc1cc(Cl)cnc1Oc1cccc(F)c1F. The summed E-state index contributed by atoms with van der Waals surface area (Å²) < 4.78 is 44.2. The molecule has 0 unspecified atom stereocenters. The fourth-order valence-corrected chi connectivity index (χ4v) is 1.29. The van der Waals surface area contributed by atoms with Crippen molar-refractivity contribution in [2.24, 2.45) is 0 Å². The van der Waals surface area contributed by atoms with Gasteiger partial charge in [0, 0.05) is 6.20 Å². The lowest BCUT2D eigenvalue weighted by molar-refractivity contribution is 0.384. The molecule has 0 aliphatic heterocycles. The van der Waals surface area contributed by atoms with E-state index in [1.165, 1.54) is 6.07 Å². The van der Waals surface area contributed by atoms with Crippen molar-refractivity contribution in [1.82, 2.24) is 4.98 Å². The Morgan fingerprint density at radius 1 is 1.12 bits per heavy atom. The van der Waals surface area contributed by atoms with Crippen LogP contribution < -0.4 is 4.74 Å². The second kappa shape index (κ2) is 4.63. The van der Waals surface area contributed by atoms with Crippen molar-refractivity contribution in [2.75, 3.05) is 0 Å². The molecule has 0 amide bonds. The fraction of sp³-hybridized carbons (Fsp3) is 0. The molecule has 0 fully saturated rings. The van der Waals surface area contributed by atoms with Gasteiger partial charge in [-0.1, -0.05) is 17.7 Å². The first kappa shape index (κ1) is 11.7. The Morgan fingerprint density at radius 3 is 2.59 bits per heavy atom. The first-order chi connectivity index (χ1) is 8.08. The predicted molar refractivity (Wildman–Crippen MR) is 55.6 cm³/mol. The largest absolute Gasteiger partial charge is 0.433 e. The highest BCUT2D eigenvalue weighted by atomic mass is 35.5. The van der Waals surface area contributed by atoms with Gasteiger partial charge in [-0.2, -0.15) is 4.39 Å². The van der Waals surface area contributed by atoms with Gasteiger partial charge >= 0.3 is 0 Å². The first-order valence-electron chi connectivity index (χ1n) is 4.51. The summed E-state index contributed by atoms with van der Waals surface area (Å²) in [4.78, 5) is 3.53. The van der Waals surface area contributed by atoms with Crippen LogP contribution in [0.15, 0.2) is 30.5 Å². The molecule has 0 radical (unpaired) electrons. The number of nitrogens with zero attached hydrogens (tertiary/aromatic N) is 1. The van der Waals surface area contributed by atoms with Gasteiger partial charge in [0.1, 0.15) is 0 Å². The molecule has 6 heteroatoms. The van der Waals surface area contributed by atoms with Gasteiger partial charge in [-0.25, -0.2) is 13.8 Å².